The molecule has 4 rings (SSSR count). The molecule has 4 heteroatoms. The molecule has 0 saturated carbocycles. The molecule has 0 unspecified atom stereocenters. The molecule has 1 aliphatic rings. The fourth-order valence-electron chi connectivity index (χ4n) is 3.53. The second-order valence-corrected chi connectivity index (χ2v) is 6.91. The Morgan fingerprint density at radius 3 is 2.14 bits per heavy atom. The Hall–Kier alpha value is -3.92. The van der Waals surface area contributed by atoms with Gasteiger partial charge < -0.3 is 10.2 Å². The minimum atomic E-state index is -0.770. The number of benzene rings is 3. The van der Waals surface area contributed by atoms with Crippen molar-refractivity contribution in [2.45, 2.75) is 6.92 Å². The van der Waals surface area contributed by atoms with Gasteiger partial charge in [-0.3, -0.25) is 9.59 Å². The van der Waals surface area contributed by atoms with E-state index < -0.39 is 23.1 Å². The molecule has 2 N–H and O–H groups in total. The van der Waals surface area contributed by atoms with Crippen molar-refractivity contribution in [1.29, 1.82) is 0 Å². The van der Waals surface area contributed by atoms with Gasteiger partial charge in [-0.2, -0.15) is 0 Å². The number of allylic oxidation sites excluding steroid dienone is 3. The van der Waals surface area contributed by atoms with Crippen LogP contribution in [-0.2, 0) is 9.59 Å². The molecular formula is C25H18O4. The zero-order valence-electron chi connectivity index (χ0n) is 15.7. The zero-order valence-corrected chi connectivity index (χ0v) is 15.7. The van der Waals surface area contributed by atoms with Crippen molar-refractivity contribution in [2.75, 3.05) is 0 Å². The normalized spacial score (nSPS) is 15.4. The predicted octanol–water partition coefficient (Wildman–Crippen LogP) is 5.18. The van der Waals surface area contributed by atoms with E-state index in [1.54, 1.807) is 31.2 Å². The first-order valence-electron chi connectivity index (χ1n) is 9.16. The van der Waals surface area contributed by atoms with Crippen molar-refractivity contribution in [3.05, 3.63) is 107 Å². The highest BCUT2D eigenvalue weighted by Crippen LogP contribution is 2.33. The SMILES string of the molecule is CC(=Cc1ccccc1)C1=C(O)C(=O)C(c2ccc3ccccc3c2)=C(O)C1=O. The number of ketones is 2. The lowest BCUT2D eigenvalue weighted by Gasteiger charge is -2.19. The van der Waals surface area contributed by atoms with Crippen molar-refractivity contribution >= 4 is 34.0 Å². The summed E-state index contributed by atoms with van der Waals surface area (Å²) in [6.45, 7) is 1.62. The first kappa shape index (κ1) is 18.4. The maximum Gasteiger partial charge on any atom is 0.232 e. The standard InChI is InChI=1S/C25H18O4/c1-15(13-16-7-3-2-4-8-16)20-22(26)24(28)21(25(29)23(20)27)19-12-11-17-9-5-6-10-18(17)14-19/h2-14,26,29H,1H3. The van der Waals surface area contributed by atoms with E-state index in [4.69, 9.17) is 0 Å². The molecule has 0 aromatic heterocycles. The van der Waals surface area contributed by atoms with Crippen LogP contribution in [0.4, 0.5) is 0 Å². The van der Waals surface area contributed by atoms with Crippen LogP contribution < -0.4 is 0 Å². The van der Waals surface area contributed by atoms with Crippen LogP contribution >= 0.6 is 0 Å². The number of hydrogen-bond acceptors (Lipinski definition) is 4. The number of carbonyl (C=O) groups is 2. The van der Waals surface area contributed by atoms with Crippen LogP contribution in [0.2, 0.25) is 0 Å². The Labute approximate surface area is 167 Å². The number of aliphatic hydroxyl groups excluding tert-OH is 2. The van der Waals surface area contributed by atoms with Gasteiger partial charge in [0.15, 0.2) is 11.5 Å². The third kappa shape index (κ3) is 3.25. The summed E-state index contributed by atoms with van der Waals surface area (Å²) in [5, 5.41) is 22.9. The Morgan fingerprint density at radius 1 is 0.759 bits per heavy atom. The van der Waals surface area contributed by atoms with Gasteiger partial charge >= 0.3 is 0 Å². The minimum absolute atomic E-state index is 0.180. The number of aliphatic hydroxyl groups is 2. The van der Waals surface area contributed by atoms with E-state index in [1.807, 2.05) is 54.6 Å². The van der Waals surface area contributed by atoms with Gasteiger partial charge in [-0.25, -0.2) is 0 Å². The quantitative estimate of drug-likeness (QED) is 0.613. The third-order valence-electron chi connectivity index (χ3n) is 4.97. The van der Waals surface area contributed by atoms with Crippen molar-refractivity contribution in [3.63, 3.8) is 0 Å². The highest BCUT2D eigenvalue weighted by molar-refractivity contribution is 6.39. The number of rotatable bonds is 3. The van der Waals surface area contributed by atoms with E-state index in [1.165, 1.54) is 0 Å². The van der Waals surface area contributed by atoms with E-state index in [2.05, 4.69) is 0 Å². The minimum Gasteiger partial charge on any atom is -0.504 e. The number of fused-ring (bicyclic) bond motifs is 1. The Kier molecular flexibility index (Phi) is 4.61. The highest BCUT2D eigenvalue weighted by atomic mass is 16.3. The fourth-order valence-corrected chi connectivity index (χ4v) is 3.53. The lowest BCUT2D eigenvalue weighted by molar-refractivity contribution is -0.118. The summed E-state index contributed by atoms with van der Waals surface area (Å²) in [6.07, 6.45) is 1.69. The first-order chi connectivity index (χ1) is 14.0. The maximum absolute atomic E-state index is 12.9. The maximum atomic E-state index is 12.9. The molecule has 3 aromatic rings. The van der Waals surface area contributed by atoms with Gasteiger partial charge in [0.2, 0.25) is 11.6 Å². The van der Waals surface area contributed by atoms with E-state index >= 15 is 0 Å². The van der Waals surface area contributed by atoms with Gasteiger partial charge in [0, 0.05) is 0 Å². The van der Waals surface area contributed by atoms with Crippen LogP contribution in [0.1, 0.15) is 18.1 Å². The second-order valence-electron chi connectivity index (χ2n) is 6.91. The summed E-state index contributed by atoms with van der Waals surface area (Å²) in [6, 6.07) is 22.0. The summed E-state index contributed by atoms with van der Waals surface area (Å²) in [7, 11) is 0. The van der Waals surface area contributed by atoms with Gasteiger partial charge in [0.1, 0.15) is 0 Å². The Morgan fingerprint density at radius 2 is 1.41 bits per heavy atom. The van der Waals surface area contributed by atoms with Crippen LogP contribution in [-0.4, -0.2) is 21.8 Å². The third-order valence-corrected chi connectivity index (χ3v) is 4.97. The average molecular weight is 382 g/mol. The van der Waals surface area contributed by atoms with Gasteiger partial charge in [-0.1, -0.05) is 72.8 Å². The molecule has 142 valence electrons. The molecule has 0 amide bonds. The van der Waals surface area contributed by atoms with Crippen molar-refractivity contribution in [2.24, 2.45) is 0 Å². The summed E-state index contributed by atoms with van der Waals surface area (Å²) >= 11 is 0. The predicted molar refractivity (Wildman–Crippen MR) is 113 cm³/mol. The molecule has 0 heterocycles. The molecule has 3 aromatic carbocycles. The molecule has 0 atom stereocenters. The van der Waals surface area contributed by atoms with E-state index in [-0.39, 0.29) is 11.1 Å². The topological polar surface area (TPSA) is 74.6 Å². The number of carbonyl (C=O) groups excluding carboxylic acids is 2. The summed E-state index contributed by atoms with van der Waals surface area (Å²) in [5.74, 6) is -2.84. The highest BCUT2D eigenvalue weighted by Gasteiger charge is 2.36. The number of Topliss-reactive ketones (excluding diaryl/α,β-unsaturated/α-hetero) is 2. The molecule has 0 bridgehead atoms. The van der Waals surface area contributed by atoms with E-state index in [0.717, 1.165) is 16.3 Å². The lowest BCUT2D eigenvalue weighted by atomic mass is 9.85. The molecule has 0 spiro atoms. The summed E-state index contributed by atoms with van der Waals surface area (Å²) in [5.41, 5.74) is 1.23. The van der Waals surface area contributed by atoms with Crippen LogP contribution in [0.15, 0.2) is 95.5 Å². The van der Waals surface area contributed by atoms with E-state index in [9.17, 15) is 19.8 Å². The molecule has 0 fully saturated rings. The van der Waals surface area contributed by atoms with Crippen molar-refractivity contribution in [3.8, 4) is 0 Å². The van der Waals surface area contributed by atoms with Gasteiger partial charge in [-0.15, -0.1) is 0 Å². The van der Waals surface area contributed by atoms with Crippen LogP contribution in [0.5, 0.6) is 0 Å². The molecule has 0 saturated heterocycles. The van der Waals surface area contributed by atoms with Crippen LogP contribution in [0, 0.1) is 0 Å². The van der Waals surface area contributed by atoms with Crippen LogP contribution in [0.3, 0.4) is 0 Å². The molecule has 0 radical (unpaired) electrons. The van der Waals surface area contributed by atoms with Crippen molar-refractivity contribution in [1.82, 2.24) is 0 Å². The summed E-state index contributed by atoms with van der Waals surface area (Å²) in [4.78, 5) is 25.7. The largest absolute Gasteiger partial charge is 0.504 e. The first-order valence-corrected chi connectivity index (χ1v) is 9.16. The monoisotopic (exact) mass is 382 g/mol. The summed E-state index contributed by atoms with van der Waals surface area (Å²) < 4.78 is 0. The van der Waals surface area contributed by atoms with Crippen LogP contribution in [0.25, 0.3) is 22.4 Å². The molecule has 1 aliphatic carbocycles. The second kappa shape index (κ2) is 7.24. The lowest BCUT2D eigenvalue weighted by Crippen LogP contribution is -2.24. The smallest absolute Gasteiger partial charge is 0.232 e. The van der Waals surface area contributed by atoms with E-state index in [0.29, 0.717) is 11.1 Å². The molecule has 4 nitrogen and oxygen atoms in total. The molecule has 29 heavy (non-hydrogen) atoms. The van der Waals surface area contributed by atoms with Gasteiger partial charge in [0.25, 0.3) is 0 Å². The van der Waals surface area contributed by atoms with Crippen molar-refractivity contribution < 1.29 is 19.8 Å². The molecular weight excluding hydrogens is 364 g/mol. The Balaban J connectivity index is 1.79. The zero-order chi connectivity index (χ0) is 20.5. The van der Waals surface area contributed by atoms with Gasteiger partial charge in [-0.05, 0) is 40.5 Å². The average Bonchev–Trinajstić information content (AvgIpc) is 2.73. The molecule has 0 aliphatic heterocycles. The fraction of sp³-hybridized carbons (Fsp3) is 0.0400. The number of hydrogen-bond donors (Lipinski definition) is 2. The van der Waals surface area contributed by atoms with Gasteiger partial charge in [0.05, 0.1) is 11.1 Å². The Bertz CT molecular complexity index is 1240.